The Kier molecular flexibility index (Phi) is 5.76. The van der Waals surface area contributed by atoms with Crippen LogP contribution in [0.3, 0.4) is 0 Å². The second kappa shape index (κ2) is 8.03. The van der Waals surface area contributed by atoms with Crippen molar-refractivity contribution in [1.82, 2.24) is 15.0 Å². The molecule has 0 spiro atoms. The van der Waals surface area contributed by atoms with E-state index in [9.17, 15) is 9.59 Å². The number of aryl methyl sites for hydroxylation is 1. The van der Waals surface area contributed by atoms with Crippen molar-refractivity contribution in [1.29, 1.82) is 0 Å². The third kappa shape index (κ3) is 3.82. The lowest BCUT2D eigenvalue weighted by molar-refractivity contribution is -0.131. The summed E-state index contributed by atoms with van der Waals surface area (Å²) in [6.45, 7) is 7.96. The molecule has 0 N–H and O–H groups in total. The van der Waals surface area contributed by atoms with E-state index in [2.05, 4.69) is 5.16 Å². The first-order chi connectivity index (χ1) is 12.5. The van der Waals surface area contributed by atoms with E-state index in [1.54, 1.807) is 6.07 Å². The van der Waals surface area contributed by atoms with Gasteiger partial charge < -0.3 is 14.3 Å². The van der Waals surface area contributed by atoms with Crippen molar-refractivity contribution in [2.24, 2.45) is 0 Å². The van der Waals surface area contributed by atoms with Gasteiger partial charge in [0.1, 0.15) is 5.76 Å². The molecule has 2 aromatic heterocycles. The Morgan fingerprint density at radius 1 is 1.35 bits per heavy atom. The highest BCUT2D eigenvalue weighted by atomic mass is 32.1. The van der Waals surface area contributed by atoms with E-state index in [0.29, 0.717) is 18.8 Å². The van der Waals surface area contributed by atoms with Crippen LogP contribution in [0.4, 0.5) is 0 Å². The van der Waals surface area contributed by atoms with Crippen LogP contribution in [0.5, 0.6) is 0 Å². The summed E-state index contributed by atoms with van der Waals surface area (Å²) >= 11 is 1.51. The van der Waals surface area contributed by atoms with E-state index >= 15 is 0 Å². The van der Waals surface area contributed by atoms with Crippen LogP contribution < -0.4 is 0 Å². The first-order valence-corrected chi connectivity index (χ1v) is 9.95. The van der Waals surface area contributed by atoms with Crippen LogP contribution in [-0.4, -0.2) is 46.4 Å². The highest BCUT2D eigenvalue weighted by Crippen LogP contribution is 2.36. The van der Waals surface area contributed by atoms with Crippen molar-refractivity contribution in [3.8, 4) is 0 Å². The van der Waals surface area contributed by atoms with Gasteiger partial charge in [-0.2, -0.15) is 0 Å². The van der Waals surface area contributed by atoms with Crippen LogP contribution in [0.25, 0.3) is 0 Å². The zero-order valence-corrected chi connectivity index (χ0v) is 16.3. The Labute approximate surface area is 157 Å². The van der Waals surface area contributed by atoms with E-state index in [0.717, 1.165) is 34.8 Å². The summed E-state index contributed by atoms with van der Waals surface area (Å²) < 4.78 is 5.18. The molecule has 1 atom stereocenters. The number of rotatable bonds is 6. The van der Waals surface area contributed by atoms with Crippen LogP contribution in [0.2, 0.25) is 0 Å². The zero-order chi connectivity index (χ0) is 18.7. The van der Waals surface area contributed by atoms with Gasteiger partial charge in [0.05, 0.1) is 23.0 Å². The lowest BCUT2D eigenvalue weighted by atomic mass is 10.1. The topological polar surface area (TPSA) is 66.7 Å². The molecule has 0 bridgehead atoms. The molecule has 140 valence electrons. The molecule has 26 heavy (non-hydrogen) atoms. The summed E-state index contributed by atoms with van der Waals surface area (Å²) in [6.07, 6.45) is 2.14. The Balaban J connectivity index is 1.72. The lowest BCUT2D eigenvalue weighted by Gasteiger charge is -2.23. The smallest absolute Gasteiger partial charge is 0.263 e. The molecular formula is C19H25N3O3S. The van der Waals surface area contributed by atoms with Crippen LogP contribution >= 0.6 is 11.3 Å². The summed E-state index contributed by atoms with van der Waals surface area (Å²) in [7, 11) is 0. The van der Waals surface area contributed by atoms with Crippen LogP contribution in [0.1, 0.15) is 58.7 Å². The van der Waals surface area contributed by atoms with E-state index < -0.39 is 0 Å². The zero-order valence-electron chi connectivity index (χ0n) is 15.5. The summed E-state index contributed by atoms with van der Waals surface area (Å²) in [4.78, 5) is 30.8. The number of hydrogen-bond acceptors (Lipinski definition) is 5. The van der Waals surface area contributed by atoms with E-state index in [4.69, 9.17) is 4.52 Å². The van der Waals surface area contributed by atoms with Gasteiger partial charge in [-0.25, -0.2) is 0 Å². The second-order valence-electron chi connectivity index (χ2n) is 6.54. The Hall–Kier alpha value is -2.15. The first kappa shape index (κ1) is 18.6. The third-order valence-corrected chi connectivity index (χ3v) is 5.97. The van der Waals surface area contributed by atoms with Crippen molar-refractivity contribution in [2.75, 3.05) is 19.6 Å². The molecule has 3 heterocycles. The first-order valence-electron chi connectivity index (χ1n) is 9.14. The molecule has 0 aromatic carbocycles. The molecule has 0 saturated carbocycles. The van der Waals surface area contributed by atoms with Crippen molar-refractivity contribution in [3.63, 3.8) is 0 Å². The number of aromatic nitrogens is 1. The molecule has 0 unspecified atom stereocenters. The second-order valence-corrected chi connectivity index (χ2v) is 7.65. The number of nitrogens with zero attached hydrogens (tertiary/aromatic N) is 3. The normalized spacial score (nSPS) is 16.9. The van der Waals surface area contributed by atoms with Gasteiger partial charge in [-0.15, -0.1) is 11.3 Å². The van der Waals surface area contributed by atoms with Crippen LogP contribution in [0, 0.1) is 6.92 Å². The molecule has 1 saturated heterocycles. The van der Waals surface area contributed by atoms with Gasteiger partial charge in [0.15, 0.2) is 0 Å². The number of amides is 2. The van der Waals surface area contributed by atoms with Gasteiger partial charge in [-0.05, 0) is 45.7 Å². The standard InChI is InChI=1S/C19H25N3O3S/c1-4-21(5-2)19(24)17-9-8-16(26-17)15-7-6-10-22(15)18(23)12-14-11-13(3)20-25-14/h8-9,11,15H,4-7,10,12H2,1-3H3/t15-/m1/s1. The number of hydrogen-bond donors (Lipinski definition) is 0. The van der Waals surface area contributed by atoms with Crippen LogP contribution in [0.15, 0.2) is 22.7 Å². The van der Waals surface area contributed by atoms with Gasteiger partial charge in [-0.1, -0.05) is 5.16 Å². The monoisotopic (exact) mass is 375 g/mol. The van der Waals surface area contributed by atoms with E-state index in [-0.39, 0.29) is 24.3 Å². The molecule has 0 aliphatic carbocycles. The molecule has 0 radical (unpaired) electrons. The van der Waals surface area contributed by atoms with Gasteiger partial charge >= 0.3 is 0 Å². The molecule has 1 fully saturated rings. The Morgan fingerprint density at radius 3 is 2.77 bits per heavy atom. The maximum Gasteiger partial charge on any atom is 0.263 e. The number of carbonyl (C=O) groups is 2. The van der Waals surface area contributed by atoms with Crippen LogP contribution in [-0.2, 0) is 11.2 Å². The van der Waals surface area contributed by atoms with E-state index in [1.807, 2.05) is 42.7 Å². The summed E-state index contributed by atoms with van der Waals surface area (Å²) in [5.74, 6) is 0.717. The third-order valence-electron chi connectivity index (χ3n) is 4.79. The fourth-order valence-electron chi connectivity index (χ4n) is 3.42. The maximum atomic E-state index is 12.7. The summed E-state index contributed by atoms with van der Waals surface area (Å²) in [5, 5.41) is 3.84. The quantitative estimate of drug-likeness (QED) is 0.776. The maximum absolute atomic E-state index is 12.7. The highest BCUT2D eigenvalue weighted by Gasteiger charge is 2.32. The van der Waals surface area contributed by atoms with Gasteiger partial charge in [0.2, 0.25) is 5.91 Å². The Bertz CT molecular complexity index is 779. The molecule has 2 aromatic rings. The lowest BCUT2D eigenvalue weighted by Crippen LogP contribution is -2.31. The highest BCUT2D eigenvalue weighted by molar-refractivity contribution is 7.14. The fourth-order valence-corrected chi connectivity index (χ4v) is 4.55. The SMILES string of the molecule is CCN(CC)C(=O)c1ccc([C@H]2CCCN2C(=O)Cc2cc(C)no2)s1. The molecule has 1 aliphatic heterocycles. The summed E-state index contributed by atoms with van der Waals surface area (Å²) in [6, 6.07) is 5.74. The van der Waals surface area contributed by atoms with E-state index in [1.165, 1.54) is 11.3 Å². The average Bonchev–Trinajstić information content (AvgIpc) is 3.35. The van der Waals surface area contributed by atoms with Gasteiger partial charge in [-0.3, -0.25) is 9.59 Å². The largest absolute Gasteiger partial charge is 0.361 e. The minimum Gasteiger partial charge on any atom is -0.361 e. The van der Waals surface area contributed by atoms with Crippen molar-refractivity contribution in [2.45, 2.75) is 46.1 Å². The molecule has 3 rings (SSSR count). The predicted octanol–water partition coefficient (Wildman–Crippen LogP) is 3.43. The Morgan fingerprint density at radius 2 is 2.12 bits per heavy atom. The number of carbonyl (C=O) groups excluding carboxylic acids is 2. The van der Waals surface area contributed by atoms with Gasteiger partial charge in [0, 0.05) is 30.6 Å². The summed E-state index contributed by atoms with van der Waals surface area (Å²) in [5.41, 5.74) is 0.781. The fraction of sp³-hybridized carbons (Fsp3) is 0.526. The number of thiophene rings is 1. The van der Waals surface area contributed by atoms with Crippen molar-refractivity contribution >= 4 is 23.2 Å². The molecule has 1 aliphatic rings. The molecule has 6 nitrogen and oxygen atoms in total. The predicted molar refractivity (Wildman–Crippen MR) is 100 cm³/mol. The minimum absolute atomic E-state index is 0.0497. The van der Waals surface area contributed by atoms with Crippen molar-refractivity contribution < 1.29 is 14.1 Å². The van der Waals surface area contributed by atoms with Gasteiger partial charge in [0.25, 0.3) is 5.91 Å². The number of likely N-dealkylation sites (tertiary alicyclic amines) is 1. The molecule has 2 amide bonds. The minimum atomic E-state index is 0.0497. The molecule has 7 heteroatoms. The molecular weight excluding hydrogens is 350 g/mol. The van der Waals surface area contributed by atoms with Crippen molar-refractivity contribution in [3.05, 3.63) is 39.4 Å². The average molecular weight is 375 g/mol.